The van der Waals surface area contributed by atoms with Crippen LogP contribution in [0.25, 0.3) is 11.5 Å². The molecule has 7 nitrogen and oxygen atoms in total. The molecule has 2 aromatic rings. The summed E-state index contributed by atoms with van der Waals surface area (Å²) in [6, 6.07) is 0. The Bertz CT molecular complexity index is 754. The highest BCUT2D eigenvalue weighted by molar-refractivity contribution is 7.91. The van der Waals surface area contributed by atoms with Gasteiger partial charge in [0.1, 0.15) is 5.69 Å². The predicted molar refractivity (Wildman–Crippen MR) is 68.1 cm³/mol. The van der Waals surface area contributed by atoms with Gasteiger partial charge in [0, 0.05) is 0 Å². The molecule has 0 saturated carbocycles. The van der Waals surface area contributed by atoms with Crippen molar-refractivity contribution in [2.24, 2.45) is 0 Å². The van der Waals surface area contributed by atoms with Gasteiger partial charge in [0.15, 0.2) is 9.84 Å². The molecular formula is C11H11F3N4O3S. The molecule has 0 saturated heterocycles. The highest BCUT2D eigenvalue weighted by atomic mass is 32.2. The van der Waals surface area contributed by atoms with Gasteiger partial charge in [0.05, 0.1) is 29.1 Å². The summed E-state index contributed by atoms with van der Waals surface area (Å²) in [6.07, 6.45) is -2.50. The highest BCUT2D eigenvalue weighted by Gasteiger charge is 2.38. The third-order valence-electron chi connectivity index (χ3n) is 2.67. The number of alkyl halides is 3. The summed E-state index contributed by atoms with van der Waals surface area (Å²) < 4.78 is 64.6. The van der Waals surface area contributed by atoms with Crippen LogP contribution in [0.5, 0.6) is 0 Å². The minimum Gasteiger partial charge on any atom is -0.329 e. The zero-order valence-electron chi connectivity index (χ0n) is 11.5. The van der Waals surface area contributed by atoms with Crippen LogP contribution in [0.1, 0.15) is 25.4 Å². The van der Waals surface area contributed by atoms with E-state index in [1.54, 1.807) is 0 Å². The Morgan fingerprint density at radius 1 is 1.23 bits per heavy atom. The lowest BCUT2D eigenvalue weighted by atomic mass is 10.4. The molecule has 0 radical (unpaired) electrons. The molecule has 11 heteroatoms. The molecular weight excluding hydrogens is 325 g/mol. The second kappa shape index (κ2) is 5.63. The second-order valence-corrected chi connectivity index (χ2v) is 7.23. The average molecular weight is 336 g/mol. The minimum absolute atomic E-state index is 0.0510. The van der Waals surface area contributed by atoms with Crippen LogP contribution < -0.4 is 0 Å². The lowest BCUT2D eigenvalue weighted by Crippen LogP contribution is -2.16. The molecule has 0 aliphatic heterocycles. The monoisotopic (exact) mass is 336 g/mol. The zero-order valence-corrected chi connectivity index (χ0v) is 12.3. The van der Waals surface area contributed by atoms with Crippen molar-refractivity contribution in [1.29, 1.82) is 0 Å². The summed E-state index contributed by atoms with van der Waals surface area (Å²) in [5, 5.41) is 2.59. The summed E-state index contributed by atoms with van der Waals surface area (Å²) in [6.45, 7) is 3.07. The number of sulfone groups is 1. The maximum absolute atomic E-state index is 12.3. The van der Waals surface area contributed by atoms with Crippen molar-refractivity contribution in [2.75, 3.05) is 0 Å². The van der Waals surface area contributed by atoms with Gasteiger partial charge in [0.25, 0.3) is 0 Å². The van der Waals surface area contributed by atoms with Gasteiger partial charge in [-0.3, -0.25) is 4.98 Å². The number of nitrogens with zero attached hydrogens (tertiary/aromatic N) is 4. The van der Waals surface area contributed by atoms with Crippen LogP contribution in [0.2, 0.25) is 0 Å². The third-order valence-corrected chi connectivity index (χ3v) is 4.80. The molecule has 2 aromatic heterocycles. The lowest BCUT2D eigenvalue weighted by Gasteiger charge is -2.06. The molecule has 0 aromatic carbocycles. The SMILES string of the molecule is CC(C)S(=O)(=O)Cc1cnc(-c2noc(C(F)(F)F)n2)cn1. The molecule has 0 unspecified atom stereocenters. The highest BCUT2D eigenvalue weighted by Crippen LogP contribution is 2.28. The van der Waals surface area contributed by atoms with Gasteiger partial charge in [0.2, 0.25) is 5.82 Å². The molecule has 0 spiro atoms. The average Bonchev–Trinajstić information content (AvgIpc) is 2.88. The van der Waals surface area contributed by atoms with Gasteiger partial charge in [-0.2, -0.15) is 18.2 Å². The number of halogens is 3. The Hall–Kier alpha value is -2.04. The van der Waals surface area contributed by atoms with Gasteiger partial charge in [-0.1, -0.05) is 5.16 Å². The van der Waals surface area contributed by atoms with Crippen molar-refractivity contribution in [3.05, 3.63) is 24.0 Å². The fraction of sp³-hybridized carbons (Fsp3) is 0.455. The van der Waals surface area contributed by atoms with E-state index in [-0.39, 0.29) is 23.0 Å². The molecule has 2 rings (SSSR count). The Morgan fingerprint density at radius 3 is 2.36 bits per heavy atom. The van der Waals surface area contributed by atoms with E-state index in [2.05, 4.69) is 24.6 Å². The van der Waals surface area contributed by atoms with E-state index >= 15 is 0 Å². The summed E-state index contributed by atoms with van der Waals surface area (Å²) in [4.78, 5) is 10.8. The van der Waals surface area contributed by atoms with Crippen LogP contribution in [0.15, 0.2) is 16.9 Å². The van der Waals surface area contributed by atoms with Gasteiger partial charge >= 0.3 is 12.1 Å². The van der Waals surface area contributed by atoms with Crippen molar-refractivity contribution in [1.82, 2.24) is 20.1 Å². The van der Waals surface area contributed by atoms with Crippen molar-refractivity contribution in [3.8, 4) is 11.5 Å². The smallest absolute Gasteiger partial charge is 0.329 e. The van der Waals surface area contributed by atoms with Crippen molar-refractivity contribution in [2.45, 2.75) is 31.0 Å². The fourth-order valence-electron chi connectivity index (χ4n) is 1.36. The quantitative estimate of drug-likeness (QED) is 0.840. The molecule has 0 aliphatic rings. The van der Waals surface area contributed by atoms with E-state index in [0.29, 0.717) is 0 Å². The fourth-order valence-corrected chi connectivity index (χ4v) is 2.25. The zero-order chi connectivity index (χ0) is 16.5. The summed E-state index contributed by atoms with van der Waals surface area (Å²) in [5.41, 5.74) is 0.127. The van der Waals surface area contributed by atoms with Gasteiger partial charge in [-0.15, -0.1) is 0 Å². The molecule has 0 N–H and O–H groups in total. The Labute approximate surface area is 123 Å². The molecule has 0 aliphatic carbocycles. The van der Waals surface area contributed by atoms with Crippen LogP contribution in [0, 0.1) is 0 Å². The summed E-state index contributed by atoms with van der Waals surface area (Å²) in [7, 11) is -3.35. The molecule has 2 heterocycles. The first-order valence-corrected chi connectivity index (χ1v) is 7.75. The predicted octanol–water partition coefficient (Wildman–Crippen LogP) is 1.87. The number of aromatic nitrogens is 4. The van der Waals surface area contributed by atoms with E-state index in [1.165, 1.54) is 13.8 Å². The molecule has 0 bridgehead atoms. The van der Waals surface area contributed by atoms with Crippen molar-refractivity contribution < 1.29 is 26.1 Å². The van der Waals surface area contributed by atoms with E-state index in [1.807, 2.05) is 0 Å². The molecule has 0 atom stereocenters. The van der Waals surface area contributed by atoms with Gasteiger partial charge in [-0.25, -0.2) is 13.4 Å². The molecule has 0 fully saturated rings. The number of hydrogen-bond acceptors (Lipinski definition) is 7. The first-order valence-electron chi connectivity index (χ1n) is 6.03. The number of hydrogen-bond donors (Lipinski definition) is 0. The van der Waals surface area contributed by atoms with E-state index < -0.39 is 27.2 Å². The van der Waals surface area contributed by atoms with Crippen LogP contribution in [-0.4, -0.2) is 33.8 Å². The van der Waals surface area contributed by atoms with Crippen molar-refractivity contribution >= 4 is 9.84 Å². The first-order chi connectivity index (χ1) is 10.1. The second-order valence-electron chi connectivity index (χ2n) is 4.67. The van der Waals surface area contributed by atoms with Gasteiger partial charge < -0.3 is 4.52 Å². The van der Waals surface area contributed by atoms with E-state index in [0.717, 1.165) is 12.4 Å². The minimum atomic E-state index is -4.75. The van der Waals surface area contributed by atoms with Crippen LogP contribution in [0.4, 0.5) is 13.2 Å². The lowest BCUT2D eigenvalue weighted by molar-refractivity contribution is -0.159. The summed E-state index contributed by atoms with van der Waals surface area (Å²) in [5.74, 6) is -2.17. The van der Waals surface area contributed by atoms with Crippen LogP contribution in [0.3, 0.4) is 0 Å². The van der Waals surface area contributed by atoms with Crippen molar-refractivity contribution in [3.63, 3.8) is 0 Å². The first kappa shape index (κ1) is 16.3. The van der Waals surface area contributed by atoms with E-state index in [4.69, 9.17) is 0 Å². The third kappa shape index (κ3) is 3.59. The largest absolute Gasteiger partial charge is 0.471 e. The Balaban J connectivity index is 2.21. The van der Waals surface area contributed by atoms with Crippen LogP contribution in [-0.2, 0) is 21.8 Å². The molecule has 0 amide bonds. The Morgan fingerprint density at radius 2 is 1.91 bits per heavy atom. The van der Waals surface area contributed by atoms with E-state index in [9.17, 15) is 21.6 Å². The summed E-state index contributed by atoms with van der Waals surface area (Å²) >= 11 is 0. The van der Waals surface area contributed by atoms with Crippen LogP contribution >= 0.6 is 0 Å². The standard InChI is InChI=1S/C11H11F3N4O3S/c1-6(2)22(19,20)5-7-3-16-8(4-15-7)9-17-10(21-18-9)11(12,13)14/h3-4,6H,5H2,1-2H3. The number of rotatable bonds is 4. The van der Waals surface area contributed by atoms with Gasteiger partial charge in [-0.05, 0) is 13.8 Å². The normalized spacial score (nSPS) is 12.8. The Kier molecular flexibility index (Phi) is 4.18. The molecule has 120 valence electrons. The topological polar surface area (TPSA) is 98.8 Å². The molecule has 22 heavy (non-hydrogen) atoms. The maximum Gasteiger partial charge on any atom is 0.471 e. The maximum atomic E-state index is 12.3.